The molecule has 0 aromatic carbocycles. The fourth-order valence-corrected chi connectivity index (χ4v) is 7.10. The summed E-state index contributed by atoms with van der Waals surface area (Å²) in [7, 11) is 0. The number of ketones is 1. The molecule has 4 fully saturated rings. The number of aliphatic hydroxyl groups excluding tert-OH is 2. The van der Waals surface area contributed by atoms with Crippen LogP contribution in [0.1, 0.15) is 65.2 Å². The van der Waals surface area contributed by atoms with Gasteiger partial charge in [0.25, 0.3) is 0 Å². The third kappa shape index (κ3) is 2.01. The second kappa shape index (κ2) is 5.08. The van der Waals surface area contributed by atoms with Gasteiger partial charge in [0.15, 0.2) is 5.78 Å². The van der Waals surface area contributed by atoms with Gasteiger partial charge < -0.3 is 10.2 Å². The average molecular weight is 318 g/mol. The number of hydrogen-bond acceptors (Lipinski definition) is 3. The van der Waals surface area contributed by atoms with Gasteiger partial charge in [-0.3, -0.25) is 4.79 Å². The van der Waals surface area contributed by atoms with Crippen LogP contribution in [0.5, 0.6) is 0 Å². The number of hydrogen-bond donors (Lipinski definition) is 2. The zero-order valence-electron chi connectivity index (χ0n) is 14.4. The molecule has 0 aliphatic heterocycles. The molecule has 0 saturated heterocycles. The van der Waals surface area contributed by atoms with E-state index in [1.807, 2.05) is 0 Å². The van der Waals surface area contributed by atoms with Crippen molar-refractivity contribution >= 4 is 5.78 Å². The van der Waals surface area contributed by atoms with Crippen LogP contribution in [0, 0.1) is 34.5 Å². The van der Waals surface area contributed by atoms with Crippen LogP contribution in [0.15, 0.2) is 11.8 Å². The van der Waals surface area contributed by atoms with E-state index in [9.17, 15) is 15.0 Å². The van der Waals surface area contributed by atoms with Gasteiger partial charge in [0.2, 0.25) is 0 Å². The largest absolute Gasteiger partial charge is 0.515 e. The molecule has 0 unspecified atom stereocenters. The van der Waals surface area contributed by atoms with Gasteiger partial charge in [-0.1, -0.05) is 13.8 Å². The number of aliphatic hydroxyl groups is 2. The van der Waals surface area contributed by atoms with Gasteiger partial charge in [0, 0.05) is 12.0 Å². The standard InChI is InChI=1S/C20H30O3/c1-19-8-7-16-14(15(19)5-6-18(19)23)4-3-13-9-17(22)12(11-21)10-20(13,16)2/h11,13-16,18,21,23H,3-10H2,1-2H3/b12-11+/t13-,14-,15+,16+,18-,19-,20-/m0/s1. The molecule has 0 heterocycles. The number of allylic oxidation sites excluding steroid dienone is 1. The van der Waals surface area contributed by atoms with Gasteiger partial charge in [0.05, 0.1) is 12.4 Å². The molecule has 0 aromatic heterocycles. The number of carbonyl (C=O) groups is 1. The fraction of sp³-hybridized carbons (Fsp3) is 0.850. The Bertz CT molecular complexity index is 553. The highest BCUT2D eigenvalue weighted by Gasteiger charge is 2.60. The maximum atomic E-state index is 12.2. The van der Waals surface area contributed by atoms with Crippen molar-refractivity contribution in [3.8, 4) is 0 Å². The van der Waals surface area contributed by atoms with Gasteiger partial charge in [-0.05, 0) is 79.4 Å². The summed E-state index contributed by atoms with van der Waals surface area (Å²) in [6.07, 6.45) is 9.11. The summed E-state index contributed by atoms with van der Waals surface area (Å²) in [5, 5.41) is 20.0. The van der Waals surface area contributed by atoms with E-state index in [1.165, 1.54) is 19.3 Å². The number of fused-ring (bicyclic) bond motifs is 5. The Morgan fingerprint density at radius 3 is 2.52 bits per heavy atom. The van der Waals surface area contributed by atoms with Crippen LogP contribution < -0.4 is 0 Å². The maximum absolute atomic E-state index is 12.2. The first kappa shape index (κ1) is 15.7. The monoisotopic (exact) mass is 318 g/mol. The van der Waals surface area contributed by atoms with Crippen molar-refractivity contribution in [2.45, 2.75) is 71.3 Å². The second-order valence-corrected chi connectivity index (χ2v) is 9.25. The third-order valence-electron chi connectivity index (χ3n) is 8.53. The molecule has 0 bridgehead atoms. The van der Waals surface area contributed by atoms with Crippen LogP contribution in [0.2, 0.25) is 0 Å². The van der Waals surface area contributed by atoms with Gasteiger partial charge in [-0.2, -0.15) is 0 Å². The normalized spacial score (nSPS) is 54.5. The molecule has 4 rings (SSSR count). The van der Waals surface area contributed by atoms with E-state index in [0.717, 1.165) is 31.9 Å². The highest BCUT2D eigenvalue weighted by molar-refractivity contribution is 5.96. The van der Waals surface area contributed by atoms with Crippen molar-refractivity contribution < 1.29 is 15.0 Å². The summed E-state index contributed by atoms with van der Waals surface area (Å²) in [6, 6.07) is 0. The summed E-state index contributed by atoms with van der Waals surface area (Å²) in [6.45, 7) is 4.68. The van der Waals surface area contributed by atoms with Crippen LogP contribution in [0.25, 0.3) is 0 Å². The summed E-state index contributed by atoms with van der Waals surface area (Å²) >= 11 is 0. The molecule has 23 heavy (non-hydrogen) atoms. The molecule has 0 radical (unpaired) electrons. The molecular weight excluding hydrogens is 288 g/mol. The number of carbonyl (C=O) groups excluding carboxylic acids is 1. The minimum atomic E-state index is -0.125. The van der Waals surface area contributed by atoms with E-state index in [-0.39, 0.29) is 22.7 Å². The Hall–Kier alpha value is -0.830. The fourth-order valence-electron chi connectivity index (χ4n) is 7.10. The zero-order valence-corrected chi connectivity index (χ0v) is 14.4. The minimum absolute atomic E-state index is 0.116. The molecule has 4 saturated carbocycles. The van der Waals surface area contributed by atoms with Crippen LogP contribution in [0.4, 0.5) is 0 Å². The zero-order chi connectivity index (χ0) is 16.4. The van der Waals surface area contributed by atoms with E-state index in [1.54, 1.807) is 0 Å². The van der Waals surface area contributed by atoms with Crippen LogP contribution in [-0.4, -0.2) is 22.1 Å². The Balaban J connectivity index is 1.66. The Morgan fingerprint density at radius 1 is 1.04 bits per heavy atom. The molecule has 128 valence electrons. The molecule has 4 aliphatic carbocycles. The highest BCUT2D eigenvalue weighted by atomic mass is 16.3. The molecule has 0 spiro atoms. The lowest BCUT2D eigenvalue weighted by Crippen LogP contribution is -2.54. The van der Waals surface area contributed by atoms with Crippen molar-refractivity contribution in [3.63, 3.8) is 0 Å². The summed E-state index contributed by atoms with van der Waals surface area (Å²) in [5.74, 6) is 2.63. The van der Waals surface area contributed by atoms with Gasteiger partial charge in [0.1, 0.15) is 0 Å². The predicted octanol–water partition coefficient (Wildman–Crippen LogP) is 4.01. The number of Topliss-reactive ketones (excluding diaryl/α,β-unsaturated/α-hetero) is 1. The van der Waals surface area contributed by atoms with Crippen LogP contribution >= 0.6 is 0 Å². The van der Waals surface area contributed by atoms with Crippen molar-refractivity contribution in [2.75, 3.05) is 0 Å². The third-order valence-corrected chi connectivity index (χ3v) is 8.53. The number of rotatable bonds is 0. The second-order valence-electron chi connectivity index (χ2n) is 9.25. The molecule has 3 nitrogen and oxygen atoms in total. The van der Waals surface area contributed by atoms with Crippen molar-refractivity contribution in [3.05, 3.63) is 11.8 Å². The topological polar surface area (TPSA) is 57.5 Å². The first-order chi connectivity index (χ1) is 10.9. The van der Waals surface area contributed by atoms with E-state index in [2.05, 4.69) is 13.8 Å². The lowest BCUT2D eigenvalue weighted by Gasteiger charge is -2.60. The van der Waals surface area contributed by atoms with E-state index >= 15 is 0 Å². The molecular formula is C20H30O3. The smallest absolute Gasteiger partial charge is 0.162 e. The highest BCUT2D eigenvalue weighted by Crippen LogP contribution is 2.66. The maximum Gasteiger partial charge on any atom is 0.162 e. The first-order valence-corrected chi connectivity index (χ1v) is 9.44. The van der Waals surface area contributed by atoms with E-state index in [0.29, 0.717) is 35.7 Å². The van der Waals surface area contributed by atoms with Gasteiger partial charge in [-0.15, -0.1) is 0 Å². The molecule has 3 heteroatoms. The van der Waals surface area contributed by atoms with Gasteiger partial charge >= 0.3 is 0 Å². The van der Waals surface area contributed by atoms with Crippen LogP contribution in [0.3, 0.4) is 0 Å². The van der Waals surface area contributed by atoms with E-state index in [4.69, 9.17) is 0 Å². The Kier molecular flexibility index (Phi) is 3.46. The van der Waals surface area contributed by atoms with Crippen molar-refractivity contribution in [2.24, 2.45) is 34.5 Å². The Labute approximate surface area is 139 Å². The molecule has 0 aromatic rings. The molecule has 0 amide bonds. The van der Waals surface area contributed by atoms with E-state index < -0.39 is 0 Å². The van der Waals surface area contributed by atoms with Crippen molar-refractivity contribution in [1.29, 1.82) is 0 Å². The lowest BCUT2D eigenvalue weighted by atomic mass is 9.45. The molecule has 4 aliphatic rings. The summed E-state index contributed by atoms with van der Waals surface area (Å²) < 4.78 is 0. The minimum Gasteiger partial charge on any atom is -0.515 e. The summed E-state index contributed by atoms with van der Waals surface area (Å²) in [5.41, 5.74) is 0.911. The molecule has 7 atom stereocenters. The Morgan fingerprint density at radius 2 is 1.78 bits per heavy atom. The quantitative estimate of drug-likeness (QED) is 0.524. The molecule has 2 N–H and O–H groups in total. The van der Waals surface area contributed by atoms with Gasteiger partial charge in [-0.25, -0.2) is 0 Å². The first-order valence-electron chi connectivity index (χ1n) is 9.44. The van der Waals surface area contributed by atoms with Crippen molar-refractivity contribution in [1.82, 2.24) is 0 Å². The SMILES string of the molecule is C[C@]12C/C(=C\O)C(=O)C[C@@H]1CC[C@@H]1[C@H]2CC[C@@]2(C)[C@@H]1CC[C@@H]2O. The average Bonchev–Trinajstić information content (AvgIpc) is 2.83. The lowest BCUT2D eigenvalue weighted by molar-refractivity contribution is -0.135. The predicted molar refractivity (Wildman–Crippen MR) is 88.8 cm³/mol. The summed E-state index contributed by atoms with van der Waals surface area (Å²) in [4.78, 5) is 12.2. The van der Waals surface area contributed by atoms with Crippen LogP contribution in [-0.2, 0) is 4.79 Å².